The topological polar surface area (TPSA) is 83.2 Å². The first-order chi connectivity index (χ1) is 9.56. The van der Waals surface area contributed by atoms with Crippen LogP contribution in [0.15, 0.2) is 32.9 Å². The molecule has 1 aliphatic heterocycles. The number of hydrogen-bond acceptors (Lipinski definition) is 2. The van der Waals surface area contributed by atoms with Crippen molar-refractivity contribution in [2.45, 2.75) is 12.8 Å². The highest BCUT2D eigenvalue weighted by Crippen LogP contribution is 2.22. The van der Waals surface area contributed by atoms with Gasteiger partial charge in [0.2, 0.25) is 5.96 Å². The molecule has 6 nitrogen and oxygen atoms in total. The average Bonchev–Trinajstić information content (AvgIpc) is 2.42. The average molecular weight is 297 g/mol. The van der Waals surface area contributed by atoms with Crippen molar-refractivity contribution in [3.05, 3.63) is 22.9 Å². The van der Waals surface area contributed by atoms with Crippen LogP contribution >= 0.6 is 11.6 Å². The molecular weight excluding hydrogens is 276 g/mol. The number of nitrogens with two attached hydrogens (primary N) is 2. The number of rotatable bonds is 1. The van der Waals surface area contributed by atoms with Crippen molar-refractivity contribution in [3.8, 4) is 0 Å². The molecule has 110 valence electrons. The lowest BCUT2D eigenvalue weighted by Gasteiger charge is -2.32. The van der Waals surface area contributed by atoms with Crippen LogP contribution < -0.4 is 11.5 Å². The van der Waals surface area contributed by atoms with Gasteiger partial charge in [0.1, 0.15) is 0 Å². The van der Waals surface area contributed by atoms with E-state index in [0.717, 1.165) is 39.0 Å². The van der Waals surface area contributed by atoms with E-state index in [2.05, 4.69) is 21.9 Å². The summed E-state index contributed by atoms with van der Waals surface area (Å²) in [7, 11) is 2.09. The predicted molar refractivity (Wildman–Crippen MR) is 83.6 cm³/mol. The minimum absolute atomic E-state index is 0.140. The molecular formula is C13H21ClN6. The van der Waals surface area contributed by atoms with Crippen LogP contribution in [0, 0.1) is 0 Å². The van der Waals surface area contributed by atoms with Crippen LogP contribution in [0.1, 0.15) is 12.8 Å². The van der Waals surface area contributed by atoms with Crippen LogP contribution in [0.5, 0.6) is 0 Å². The van der Waals surface area contributed by atoms with Crippen LogP contribution in [-0.4, -0.2) is 54.9 Å². The van der Waals surface area contributed by atoms with E-state index >= 15 is 0 Å². The zero-order valence-corrected chi connectivity index (χ0v) is 12.5. The largest absolute Gasteiger partial charge is 0.369 e. The van der Waals surface area contributed by atoms with E-state index in [9.17, 15) is 0 Å². The number of likely N-dealkylation sites (N-methyl/N-ethyl adjacent to an activating group) is 1. The first kappa shape index (κ1) is 14.9. The summed E-state index contributed by atoms with van der Waals surface area (Å²) in [5.41, 5.74) is 12.5. The van der Waals surface area contributed by atoms with E-state index in [-0.39, 0.29) is 5.96 Å². The standard InChI is InChI=1S/C13H21ClN6/c1-19-6-8-20(9-7-19)13(16)18-12(15)17-11-5-3-2-4-10(11)14/h3,5H,2,4,6-9H2,1H3,(H4,15,16,17,18). The molecule has 1 aliphatic carbocycles. The predicted octanol–water partition coefficient (Wildman–Crippen LogP) is 0.664. The van der Waals surface area contributed by atoms with Gasteiger partial charge in [0, 0.05) is 31.2 Å². The molecule has 2 aliphatic rings. The monoisotopic (exact) mass is 296 g/mol. The molecule has 1 saturated heterocycles. The summed E-state index contributed by atoms with van der Waals surface area (Å²) in [6.45, 7) is 3.63. The van der Waals surface area contributed by atoms with E-state index < -0.39 is 0 Å². The van der Waals surface area contributed by atoms with Gasteiger partial charge >= 0.3 is 0 Å². The number of guanidine groups is 2. The van der Waals surface area contributed by atoms with Gasteiger partial charge in [-0.1, -0.05) is 17.7 Å². The molecule has 0 spiro atoms. The third kappa shape index (κ3) is 3.98. The highest BCUT2D eigenvalue weighted by Gasteiger charge is 2.15. The third-order valence-corrected chi connectivity index (χ3v) is 3.76. The third-order valence-electron chi connectivity index (χ3n) is 3.38. The van der Waals surface area contributed by atoms with Crippen LogP contribution in [0.3, 0.4) is 0 Å². The highest BCUT2D eigenvalue weighted by atomic mass is 35.5. The Labute approximate surface area is 124 Å². The van der Waals surface area contributed by atoms with Gasteiger partial charge in [0.15, 0.2) is 5.96 Å². The lowest BCUT2D eigenvalue weighted by Crippen LogP contribution is -2.50. The molecule has 20 heavy (non-hydrogen) atoms. The Morgan fingerprint density at radius 1 is 1.25 bits per heavy atom. The Hall–Kier alpha value is -1.53. The summed E-state index contributed by atoms with van der Waals surface area (Å²) in [6, 6.07) is 0. The first-order valence-corrected chi connectivity index (χ1v) is 7.11. The molecule has 0 amide bonds. The second-order valence-corrected chi connectivity index (χ2v) is 5.42. The Morgan fingerprint density at radius 3 is 2.60 bits per heavy atom. The van der Waals surface area contributed by atoms with E-state index in [1.54, 1.807) is 0 Å². The van der Waals surface area contributed by atoms with Crippen LogP contribution in [0.25, 0.3) is 0 Å². The molecule has 0 aromatic carbocycles. The maximum atomic E-state index is 6.10. The normalized spacial score (nSPS) is 22.6. The van der Waals surface area contributed by atoms with Gasteiger partial charge in [0.05, 0.1) is 5.70 Å². The van der Waals surface area contributed by atoms with Crippen LogP contribution in [-0.2, 0) is 0 Å². The molecule has 0 saturated carbocycles. The molecule has 0 bridgehead atoms. The second-order valence-electron chi connectivity index (χ2n) is 4.96. The Kier molecular flexibility index (Phi) is 5.03. The first-order valence-electron chi connectivity index (χ1n) is 6.73. The lowest BCUT2D eigenvalue weighted by molar-refractivity contribution is 0.214. The summed E-state index contributed by atoms with van der Waals surface area (Å²) < 4.78 is 0. The van der Waals surface area contributed by atoms with Crippen molar-refractivity contribution in [2.24, 2.45) is 21.5 Å². The lowest BCUT2D eigenvalue weighted by atomic mass is 10.1. The summed E-state index contributed by atoms with van der Waals surface area (Å²) in [4.78, 5) is 12.6. The quantitative estimate of drug-likeness (QED) is 0.550. The fraction of sp³-hybridized carbons (Fsp3) is 0.538. The molecule has 1 fully saturated rings. The van der Waals surface area contributed by atoms with Crippen molar-refractivity contribution in [1.29, 1.82) is 0 Å². The fourth-order valence-corrected chi connectivity index (χ4v) is 2.31. The van der Waals surface area contributed by atoms with E-state index in [4.69, 9.17) is 23.1 Å². The van der Waals surface area contributed by atoms with Crippen molar-refractivity contribution >= 4 is 23.5 Å². The number of nitrogens with zero attached hydrogens (tertiary/aromatic N) is 4. The fourth-order valence-electron chi connectivity index (χ4n) is 2.09. The summed E-state index contributed by atoms with van der Waals surface area (Å²) in [6.07, 6.45) is 5.61. The van der Waals surface area contributed by atoms with Crippen LogP contribution in [0.4, 0.5) is 0 Å². The Balaban J connectivity index is 2.03. The van der Waals surface area contributed by atoms with Gasteiger partial charge in [0.25, 0.3) is 0 Å². The van der Waals surface area contributed by atoms with Crippen molar-refractivity contribution in [1.82, 2.24) is 9.80 Å². The second kappa shape index (κ2) is 6.76. The number of halogens is 1. The van der Waals surface area contributed by atoms with Crippen molar-refractivity contribution in [2.75, 3.05) is 33.2 Å². The molecule has 0 radical (unpaired) electrons. The molecule has 0 aromatic rings. The summed E-state index contributed by atoms with van der Waals surface area (Å²) in [5, 5.41) is 0.712. The van der Waals surface area contributed by atoms with E-state index in [1.807, 2.05) is 17.1 Å². The molecule has 7 heteroatoms. The van der Waals surface area contributed by atoms with Gasteiger partial charge in [-0.15, -0.1) is 0 Å². The van der Waals surface area contributed by atoms with Gasteiger partial charge in [-0.2, -0.15) is 4.99 Å². The smallest absolute Gasteiger partial charge is 0.223 e. The molecule has 0 aromatic heterocycles. The minimum Gasteiger partial charge on any atom is -0.369 e. The minimum atomic E-state index is 0.140. The maximum absolute atomic E-state index is 6.10. The maximum Gasteiger partial charge on any atom is 0.223 e. The zero-order chi connectivity index (χ0) is 14.5. The van der Waals surface area contributed by atoms with Gasteiger partial charge in [-0.3, -0.25) is 0 Å². The summed E-state index contributed by atoms with van der Waals surface area (Å²) >= 11 is 6.10. The van der Waals surface area contributed by atoms with Gasteiger partial charge in [-0.25, -0.2) is 4.99 Å². The van der Waals surface area contributed by atoms with E-state index in [0.29, 0.717) is 16.7 Å². The van der Waals surface area contributed by atoms with Crippen molar-refractivity contribution < 1.29 is 0 Å². The SMILES string of the molecule is CN1CCN(C(N)=NC(N)=NC2=C(Cl)CCC=C2)CC1. The van der Waals surface area contributed by atoms with Gasteiger partial charge in [-0.05, 0) is 26.0 Å². The van der Waals surface area contributed by atoms with Crippen LogP contribution in [0.2, 0.25) is 0 Å². The molecule has 1 heterocycles. The van der Waals surface area contributed by atoms with E-state index in [1.165, 1.54) is 0 Å². The number of allylic oxidation sites excluding steroid dienone is 3. The number of piperazine rings is 1. The molecule has 4 N–H and O–H groups in total. The highest BCUT2D eigenvalue weighted by molar-refractivity contribution is 6.30. The van der Waals surface area contributed by atoms with Crippen molar-refractivity contribution in [3.63, 3.8) is 0 Å². The van der Waals surface area contributed by atoms with Gasteiger partial charge < -0.3 is 21.3 Å². The number of hydrogen-bond donors (Lipinski definition) is 2. The Morgan fingerprint density at radius 2 is 1.95 bits per heavy atom. The molecule has 2 rings (SSSR count). The summed E-state index contributed by atoms with van der Waals surface area (Å²) in [5.74, 6) is 0.553. The zero-order valence-electron chi connectivity index (χ0n) is 11.7. The molecule has 0 atom stereocenters. The Bertz CT molecular complexity index is 471. The molecule has 0 unspecified atom stereocenters. The number of aliphatic imine (C=N–C) groups is 2.